The molecule has 1 heterocycles. The smallest absolute Gasteiger partial charge is 0.200 e. The summed E-state index contributed by atoms with van der Waals surface area (Å²) in [5, 5.41) is 1.27. The number of pyridine rings is 1. The molecule has 0 atom stereocenters. The van der Waals surface area contributed by atoms with Gasteiger partial charge in [-0.3, -0.25) is 4.98 Å². The Bertz CT molecular complexity index is 704. The Hall–Kier alpha value is -1.94. The monoisotopic (exact) mass is 273 g/mol. The van der Waals surface area contributed by atoms with Gasteiger partial charge in [0.05, 0.1) is 10.6 Å². The van der Waals surface area contributed by atoms with Crippen molar-refractivity contribution in [3.05, 3.63) is 65.3 Å². The Balaban J connectivity index is 2.42. The summed E-state index contributed by atoms with van der Waals surface area (Å²) >= 11 is 0. The third kappa shape index (κ3) is 3.29. The van der Waals surface area contributed by atoms with E-state index in [-0.39, 0.29) is 0 Å². The maximum absolute atomic E-state index is 12.3. The Morgan fingerprint density at radius 2 is 1.95 bits per heavy atom. The van der Waals surface area contributed by atoms with Crippen LogP contribution in [0.2, 0.25) is 0 Å². The van der Waals surface area contributed by atoms with Gasteiger partial charge in [0.15, 0.2) is 9.84 Å². The minimum Gasteiger partial charge on any atom is -0.257 e. The van der Waals surface area contributed by atoms with Crippen molar-refractivity contribution in [2.24, 2.45) is 0 Å². The fourth-order valence-corrected chi connectivity index (χ4v) is 3.09. The summed E-state index contributed by atoms with van der Waals surface area (Å²) in [5.41, 5.74) is 2.21. The highest BCUT2D eigenvalue weighted by molar-refractivity contribution is 7.94. The van der Waals surface area contributed by atoms with Gasteiger partial charge in [-0.1, -0.05) is 18.2 Å². The molecule has 19 heavy (non-hydrogen) atoms. The van der Waals surface area contributed by atoms with Crippen molar-refractivity contribution < 1.29 is 8.42 Å². The molecule has 3 nitrogen and oxygen atoms in total. The molecule has 0 unspecified atom stereocenters. The number of benzene rings is 1. The van der Waals surface area contributed by atoms with Gasteiger partial charge in [-0.15, -0.1) is 0 Å². The first kappa shape index (κ1) is 13.5. The quantitative estimate of drug-likeness (QED) is 0.862. The topological polar surface area (TPSA) is 47.0 Å². The predicted octanol–water partition coefficient (Wildman–Crippen LogP) is 3.22. The average molecular weight is 273 g/mol. The Kier molecular flexibility index (Phi) is 3.81. The lowest BCUT2D eigenvalue weighted by Crippen LogP contribution is -1.98. The zero-order chi connectivity index (χ0) is 13.9. The molecular formula is C15H15NO2S. The zero-order valence-corrected chi connectivity index (χ0v) is 11.7. The van der Waals surface area contributed by atoms with Crippen LogP contribution >= 0.6 is 0 Å². The fraction of sp³-hybridized carbons (Fsp3) is 0.133. The molecule has 0 spiro atoms. The van der Waals surface area contributed by atoms with Crippen molar-refractivity contribution in [2.45, 2.75) is 18.7 Å². The molecule has 1 aromatic carbocycles. The lowest BCUT2D eigenvalue weighted by atomic mass is 10.2. The van der Waals surface area contributed by atoms with Gasteiger partial charge in [-0.25, -0.2) is 8.42 Å². The largest absolute Gasteiger partial charge is 0.257 e. The van der Waals surface area contributed by atoms with E-state index in [0.29, 0.717) is 16.2 Å². The van der Waals surface area contributed by atoms with E-state index in [1.807, 2.05) is 19.1 Å². The highest BCUT2D eigenvalue weighted by Crippen LogP contribution is 2.19. The summed E-state index contributed by atoms with van der Waals surface area (Å²) in [5.74, 6) is 0. The van der Waals surface area contributed by atoms with E-state index in [9.17, 15) is 8.42 Å². The second-order valence-electron chi connectivity index (χ2n) is 4.38. The number of hydrogen-bond donors (Lipinski definition) is 0. The van der Waals surface area contributed by atoms with Gasteiger partial charge in [0, 0.05) is 11.6 Å². The summed E-state index contributed by atoms with van der Waals surface area (Å²) in [4.78, 5) is 4.45. The van der Waals surface area contributed by atoms with Gasteiger partial charge in [-0.05, 0) is 49.2 Å². The Morgan fingerprint density at radius 3 is 2.58 bits per heavy atom. The van der Waals surface area contributed by atoms with Crippen LogP contribution in [0.15, 0.2) is 59.0 Å². The van der Waals surface area contributed by atoms with Gasteiger partial charge < -0.3 is 0 Å². The van der Waals surface area contributed by atoms with E-state index in [2.05, 4.69) is 4.98 Å². The normalized spacial score (nSPS) is 12.4. The van der Waals surface area contributed by atoms with Crippen molar-refractivity contribution in [1.82, 2.24) is 4.98 Å². The zero-order valence-electron chi connectivity index (χ0n) is 10.9. The maximum Gasteiger partial charge on any atom is 0.200 e. The van der Waals surface area contributed by atoms with Gasteiger partial charge in [0.1, 0.15) is 0 Å². The molecule has 0 fully saturated rings. The average Bonchev–Trinajstić information content (AvgIpc) is 2.39. The molecule has 0 aliphatic heterocycles. The SMILES string of the molecule is C/C(=C\S(=O)(=O)c1cccc(C)c1)c1ccccn1. The lowest BCUT2D eigenvalue weighted by Gasteiger charge is -2.03. The first-order chi connectivity index (χ1) is 8.99. The highest BCUT2D eigenvalue weighted by Gasteiger charge is 2.12. The van der Waals surface area contributed by atoms with E-state index < -0.39 is 9.84 Å². The van der Waals surface area contributed by atoms with Crippen LogP contribution in [0, 0.1) is 6.92 Å². The third-order valence-corrected chi connectivity index (χ3v) is 4.29. The molecule has 2 aromatic rings. The number of aromatic nitrogens is 1. The number of nitrogens with zero attached hydrogens (tertiary/aromatic N) is 1. The molecule has 2 rings (SSSR count). The van der Waals surface area contributed by atoms with Crippen molar-refractivity contribution >= 4 is 15.4 Å². The molecule has 0 amide bonds. The van der Waals surface area contributed by atoms with Gasteiger partial charge in [0.2, 0.25) is 0 Å². The van der Waals surface area contributed by atoms with Crippen LogP contribution in [-0.4, -0.2) is 13.4 Å². The van der Waals surface area contributed by atoms with Crippen LogP contribution in [-0.2, 0) is 9.84 Å². The first-order valence-corrected chi connectivity index (χ1v) is 7.45. The maximum atomic E-state index is 12.3. The number of rotatable bonds is 3. The Morgan fingerprint density at radius 1 is 1.16 bits per heavy atom. The third-order valence-electron chi connectivity index (χ3n) is 2.72. The standard InChI is InChI=1S/C15H15NO2S/c1-12-6-5-7-14(10-12)19(17,18)11-13(2)15-8-3-4-9-16-15/h3-11H,1-2H3/b13-11+. The van der Waals surface area contributed by atoms with Crippen molar-refractivity contribution in [2.75, 3.05) is 0 Å². The fourth-order valence-electron chi connectivity index (χ4n) is 1.75. The molecular weight excluding hydrogens is 258 g/mol. The van der Waals surface area contributed by atoms with E-state index in [0.717, 1.165) is 5.56 Å². The summed E-state index contributed by atoms with van der Waals surface area (Å²) in [6.45, 7) is 3.62. The summed E-state index contributed by atoms with van der Waals surface area (Å²) in [7, 11) is -3.43. The van der Waals surface area contributed by atoms with E-state index in [1.54, 1.807) is 43.5 Å². The second kappa shape index (κ2) is 5.36. The molecule has 4 heteroatoms. The number of aryl methyl sites for hydroxylation is 1. The predicted molar refractivity (Wildman–Crippen MR) is 76.3 cm³/mol. The summed E-state index contributed by atoms with van der Waals surface area (Å²) in [6, 6.07) is 12.3. The molecule has 0 N–H and O–H groups in total. The number of hydrogen-bond acceptors (Lipinski definition) is 3. The minimum atomic E-state index is -3.43. The Labute approximate surface area is 113 Å². The molecule has 0 saturated heterocycles. The minimum absolute atomic E-state index is 0.308. The molecule has 0 bridgehead atoms. The first-order valence-electron chi connectivity index (χ1n) is 5.90. The number of sulfone groups is 1. The van der Waals surface area contributed by atoms with Crippen LogP contribution < -0.4 is 0 Å². The lowest BCUT2D eigenvalue weighted by molar-refractivity contribution is 0.604. The van der Waals surface area contributed by atoms with Crippen LogP contribution in [0.1, 0.15) is 18.2 Å². The van der Waals surface area contributed by atoms with Crippen molar-refractivity contribution in [3.8, 4) is 0 Å². The summed E-state index contributed by atoms with van der Waals surface area (Å²) < 4.78 is 24.5. The van der Waals surface area contributed by atoms with E-state index in [1.165, 1.54) is 5.41 Å². The van der Waals surface area contributed by atoms with E-state index in [4.69, 9.17) is 0 Å². The molecule has 0 aliphatic carbocycles. The molecule has 0 aliphatic rings. The number of allylic oxidation sites excluding steroid dienone is 1. The van der Waals surface area contributed by atoms with Crippen molar-refractivity contribution in [3.63, 3.8) is 0 Å². The van der Waals surface area contributed by atoms with Gasteiger partial charge >= 0.3 is 0 Å². The van der Waals surface area contributed by atoms with Crippen molar-refractivity contribution in [1.29, 1.82) is 0 Å². The molecule has 98 valence electrons. The molecule has 0 saturated carbocycles. The van der Waals surface area contributed by atoms with Crippen LogP contribution in [0.3, 0.4) is 0 Å². The van der Waals surface area contributed by atoms with E-state index >= 15 is 0 Å². The summed E-state index contributed by atoms with van der Waals surface area (Å²) in [6.07, 6.45) is 1.64. The van der Waals surface area contributed by atoms with Crippen LogP contribution in [0.5, 0.6) is 0 Å². The highest BCUT2D eigenvalue weighted by atomic mass is 32.2. The molecule has 0 radical (unpaired) electrons. The van der Waals surface area contributed by atoms with Gasteiger partial charge in [-0.2, -0.15) is 0 Å². The second-order valence-corrected chi connectivity index (χ2v) is 6.17. The van der Waals surface area contributed by atoms with Gasteiger partial charge in [0.25, 0.3) is 0 Å². The van der Waals surface area contributed by atoms with Crippen LogP contribution in [0.4, 0.5) is 0 Å². The van der Waals surface area contributed by atoms with Crippen LogP contribution in [0.25, 0.3) is 5.57 Å². The molecule has 1 aromatic heterocycles.